The molecule has 0 aliphatic carbocycles. The topological polar surface area (TPSA) is 50.7 Å². The first-order valence-corrected chi connectivity index (χ1v) is 4.97. The second-order valence-electron chi connectivity index (χ2n) is 3.16. The van der Waals surface area contributed by atoms with Crippen molar-refractivity contribution in [2.75, 3.05) is 12.0 Å². The van der Waals surface area contributed by atoms with E-state index in [1.807, 2.05) is 0 Å². The first-order valence-electron chi connectivity index (χ1n) is 4.97. The van der Waals surface area contributed by atoms with Crippen molar-refractivity contribution in [2.24, 2.45) is 5.10 Å². The fourth-order valence-electron chi connectivity index (χ4n) is 0.995. The van der Waals surface area contributed by atoms with E-state index in [4.69, 9.17) is 4.74 Å². The molecule has 0 aliphatic heterocycles. The predicted molar refractivity (Wildman–Crippen MR) is 59.7 cm³/mol. The van der Waals surface area contributed by atoms with E-state index in [1.165, 1.54) is 13.0 Å². The number of ether oxygens (including phenoxy) is 1. The maximum absolute atomic E-state index is 12.8. The number of hydrogen-bond acceptors (Lipinski definition) is 4. The molecular formula is C11H12F2N2O2. The summed E-state index contributed by atoms with van der Waals surface area (Å²) in [6.07, 6.45) is 0. The number of carbonyl (C=O) groups excluding carboxylic acids is 1. The summed E-state index contributed by atoms with van der Waals surface area (Å²) < 4.78 is 30.1. The molecule has 1 rings (SSSR count). The number of anilines is 1. The third-order valence-electron chi connectivity index (χ3n) is 1.84. The van der Waals surface area contributed by atoms with Gasteiger partial charge in [-0.25, -0.2) is 13.6 Å². The van der Waals surface area contributed by atoms with Gasteiger partial charge in [0.2, 0.25) is 0 Å². The molecule has 0 amide bonds. The van der Waals surface area contributed by atoms with Crippen molar-refractivity contribution >= 4 is 17.4 Å². The van der Waals surface area contributed by atoms with Gasteiger partial charge in [0.25, 0.3) is 0 Å². The molecule has 4 nitrogen and oxygen atoms in total. The molecule has 0 aromatic heterocycles. The second kappa shape index (κ2) is 5.93. The van der Waals surface area contributed by atoms with Gasteiger partial charge in [-0.1, -0.05) is 0 Å². The Morgan fingerprint density at radius 1 is 1.41 bits per heavy atom. The third-order valence-corrected chi connectivity index (χ3v) is 1.84. The lowest BCUT2D eigenvalue weighted by atomic mass is 10.3. The Balaban J connectivity index is 2.69. The van der Waals surface area contributed by atoms with Crippen LogP contribution in [0.25, 0.3) is 0 Å². The molecule has 6 heteroatoms. The summed E-state index contributed by atoms with van der Waals surface area (Å²) in [5, 5.41) is 3.69. The number of nitrogens with zero attached hydrogens (tertiary/aromatic N) is 1. The zero-order chi connectivity index (χ0) is 12.8. The van der Waals surface area contributed by atoms with Gasteiger partial charge in [0.1, 0.15) is 5.71 Å². The first kappa shape index (κ1) is 13.1. The minimum Gasteiger partial charge on any atom is -0.461 e. The third kappa shape index (κ3) is 3.82. The molecule has 0 fully saturated rings. The van der Waals surface area contributed by atoms with Crippen LogP contribution >= 0.6 is 0 Å². The summed E-state index contributed by atoms with van der Waals surface area (Å²) in [5.74, 6) is -2.50. The fraction of sp³-hybridized carbons (Fsp3) is 0.273. The van der Waals surface area contributed by atoms with Gasteiger partial charge in [-0.2, -0.15) is 5.10 Å². The van der Waals surface area contributed by atoms with Crippen molar-refractivity contribution in [2.45, 2.75) is 13.8 Å². The lowest BCUT2D eigenvalue weighted by molar-refractivity contribution is -0.135. The normalized spacial score (nSPS) is 11.2. The largest absolute Gasteiger partial charge is 0.461 e. The van der Waals surface area contributed by atoms with Gasteiger partial charge in [0.05, 0.1) is 12.3 Å². The highest BCUT2D eigenvalue weighted by atomic mass is 19.2. The summed E-state index contributed by atoms with van der Waals surface area (Å²) in [5.41, 5.74) is 2.77. The number of halogens is 2. The Labute approximate surface area is 97.3 Å². The van der Waals surface area contributed by atoms with Gasteiger partial charge >= 0.3 is 5.97 Å². The van der Waals surface area contributed by atoms with Crippen molar-refractivity contribution in [3.8, 4) is 0 Å². The van der Waals surface area contributed by atoms with E-state index in [0.29, 0.717) is 0 Å². The number of nitrogens with one attached hydrogen (secondary N) is 1. The van der Waals surface area contributed by atoms with E-state index in [1.54, 1.807) is 6.92 Å². The Kier molecular flexibility index (Phi) is 4.56. The number of rotatable bonds is 4. The highest BCUT2D eigenvalue weighted by Crippen LogP contribution is 2.12. The zero-order valence-electron chi connectivity index (χ0n) is 9.46. The molecule has 0 saturated heterocycles. The smallest absolute Gasteiger partial charge is 0.354 e. The number of esters is 1. The molecule has 0 radical (unpaired) electrons. The van der Waals surface area contributed by atoms with Crippen molar-refractivity contribution < 1.29 is 18.3 Å². The molecule has 0 aliphatic rings. The highest BCUT2D eigenvalue weighted by Gasteiger charge is 2.06. The van der Waals surface area contributed by atoms with Crippen LogP contribution in [-0.2, 0) is 9.53 Å². The van der Waals surface area contributed by atoms with E-state index in [2.05, 4.69) is 10.5 Å². The van der Waals surface area contributed by atoms with Gasteiger partial charge in [-0.05, 0) is 26.0 Å². The van der Waals surface area contributed by atoms with E-state index < -0.39 is 17.6 Å². The van der Waals surface area contributed by atoms with Crippen LogP contribution in [0.2, 0.25) is 0 Å². The minimum atomic E-state index is -0.987. The first-order chi connectivity index (χ1) is 8.04. The molecule has 0 unspecified atom stereocenters. The van der Waals surface area contributed by atoms with Crippen LogP contribution in [-0.4, -0.2) is 18.3 Å². The second-order valence-corrected chi connectivity index (χ2v) is 3.16. The van der Waals surface area contributed by atoms with Crippen LogP contribution < -0.4 is 5.43 Å². The van der Waals surface area contributed by atoms with Gasteiger partial charge in [-0.3, -0.25) is 5.43 Å². The SMILES string of the molecule is CCOC(=O)/C(C)=N/Nc1ccc(F)c(F)c1. The van der Waals surface area contributed by atoms with Gasteiger partial charge < -0.3 is 4.74 Å². The lowest BCUT2D eigenvalue weighted by Gasteiger charge is -2.03. The van der Waals surface area contributed by atoms with Crippen molar-refractivity contribution in [1.82, 2.24) is 0 Å². The summed E-state index contributed by atoms with van der Waals surface area (Å²) in [4.78, 5) is 11.2. The van der Waals surface area contributed by atoms with Crippen LogP contribution in [0.3, 0.4) is 0 Å². The van der Waals surface area contributed by atoms with Gasteiger partial charge in [-0.15, -0.1) is 0 Å². The number of hydrogen-bond donors (Lipinski definition) is 1. The molecule has 17 heavy (non-hydrogen) atoms. The van der Waals surface area contributed by atoms with E-state index in [9.17, 15) is 13.6 Å². The Morgan fingerprint density at radius 2 is 2.12 bits per heavy atom. The molecule has 1 aromatic carbocycles. The average Bonchev–Trinajstić information content (AvgIpc) is 2.30. The molecule has 92 valence electrons. The van der Waals surface area contributed by atoms with Crippen LogP contribution in [0.1, 0.15) is 13.8 Å². The standard InChI is InChI=1S/C11H12F2N2O2/c1-3-17-11(16)7(2)14-15-8-4-5-9(12)10(13)6-8/h4-6,15H,3H2,1-2H3/b14-7+. The van der Waals surface area contributed by atoms with Gasteiger partial charge in [0.15, 0.2) is 11.6 Å². The van der Waals surface area contributed by atoms with Crippen molar-refractivity contribution in [3.05, 3.63) is 29.8 Å². The Hall–Kier alpha value is -1.98. The van der Waals surface area contributed by atoms with E-state index >= 15 is 0 Å². The average molecular weight is 242 g/mol. The maximum atomic E-state index is 12.8. The number of benzene rings is 1. The van der Waals surface area contributed by atoms with Crippen LogP contribution in [0, 0.1) is 11.6 Å². The molecule has 0 heterocycles. The van der Waals surface area contributed by atoms with Crippen LogP contribution in [0.5, 0.6) is 0 Å². The van der Waals surface area contributed by atoms with E-state index in [-0.39, 0.29) is 18.0 Å². The molecule has 1 aromatic rings. The Bertz CT molecular complexity index is 447. The van der Waals surface area contributed by atoms with Gasteiger partial charge in [0, 0.05) is 6.07 Å². The molecule has 0 atom stereocenters. The molecule has 1 N–H and O–H groups in total. The molecule has 0 saturated carbocycles. The Morgan fingerprint density at radius 3 is 2.71 bits per heavy atom. The number of hydrazone groups is 1. The van der Waals surface area contributed by atoms with Crippen molar-refractivity contribution in [1.29, 1.82) is 0 Å². The molecule has 0 bridgehead atoms. The quantitative estimate of drug-likeness (QED) is 0.500. The predicted octanol–water partition coefficient (Wildman–Crippen LogP) is 2.32. The molecule has 0 spiro atoms. The minimum absolute atomic E-state index is 0.0941. The lowest BCUT2D eigenvalue weighted by Crippen LogP contribution is -2.15. The fourth-order valence-corrected chi connectivity index (χ4v) is 0.995. The van der Waals surface area contributed by atoms with Crippen LogP contribution in [0.4, 0.5) is 14.5 Å². The maximum Gasteiger partial charge on any atom is 0.354 e. The molecular weight excluding hydrogens is 230 g/mol. The zero-order valence-corrected chi connectivity index (χ0v) is 9.46. The summed E-state index contributed by atoms with van der Waals surface area (Å²) in [6.45, 7) is 3.37. The summed E-state index contributed by atoms with van der Waals surface area (Å²) in [6, 6.07) is 3.21. The highest BCUT2D eigenvalue weighted by molar-refractivity contribution is 6.35. The number of carbonyl (C=O) groups is 1. The van der Waals surface area contributed by atoms with Crippen LogP contribution in [0.15, 0.2) is 23.3 Å². The van der Waals surface area contributed by atoms with E-state index in [0.717, 1.165) is 12.1 Å². The summed E-state index contributed by atoms with van der Waals surface area (Å²) >= 11 is 0. The summed E-state index contributed by atoms with van der Waals surface area (Å²) in [7, 11) is 0. The van der Waals surface area contributed by atoms with Crippen molar-refractivity contribution in [3.63, 3.8) is 0 Å². The monoisotopic (exact) mass is 242 g/mol.